The first-order valence-corrected chi connectivity index (χ1v) is 6.63. The van der Waals surface area contributed by atoms with Crippen LogP contribution in [0.15, 0.2) is 24.3 Å². The average molecular weight is 255 g/mol. The third-order valence-electron chi connectivity index (χ3n) is 2.56. The number of benzene rings is 1. The number of alkyl halides is 1. The summed E-state index contributed by atoms with van der Waals surface area (Å²) >= 11 is 3.53. The van der Waals surface area contributed by atoms with E-state index in [1.165, 1.54) is 43.2 Å². The van der Waals surface area contributed by atoms with Gasteiger partial charge in [-0.3, -0.25) is 0 Å². The molecule has 1 aromatic carbocycles. The Bertz CT molecular complexity index is 255. The van der Waals surface area contributed by atoms with Crippen LogP contribution in [-0.2, 0) is 11.8 Å². The molecule has 78 valence electrons. The Kier molecular flexibility index (Phi) is 5.93. The number of unbranched alkanes of at least 4 members (excludes halogenated alkanes) is 3. The van der Waals surface area contributed by atoms with Crippen molar-refractivity contribution >= 4 is 15.9 Å². The molecule has 0 aliphatic carbocycles. The second kappa shape index (κ2) is 7.05. The van der Waals surface area contributed by atoms with Crippen LogP contribution >= 0.6 is 15.9 Å². The monoisotopic (exact) mass is 254 g/mol. The zero-order valence-electron chi connectivity index (χ0n) is 8.93. The van der Waals surface area contributed by atoms with Crippen molar-refractivity contribution in [2.75, 3.05) is 0 Å². The maximum Gasteiger partial charge on any atom is 0.0285 e. The summed E-state index contributed by atoms with van der Waals surface area (Å²) < 4.78 is 0. The largest absolute Gasteiger partial charge is 0.0876 e. The molecular weight excluding hydrogens is 236 g/mol. The molecule has 0 saturated heterocycles. The van der Waals surface area contributed by atoms with Crippen LogP contribution < -0.4 is 0 Å². The van der Waals surface area contributed by atoms with E-state index in [1.54, 1.807) is 0 Å². The molecule has 14 heavy (non-hydrogen) atoms. The highest BCUT2D eigenvalue weighted by atomic mass is 79.9. The van der Waals surface area contributed by atoms with Crippen LogP contribution in [0.25, 0.3) is 0 Å². The maximum atomic E-state index is 3.53. The lowest BCUT2D eigenvalue weighted by Crippen LogP contribution is -1.91. The van der Waals surface area contributed by atoms with Crippen molar-refractivity contribution in [3.63, 3.8) is 0 Å². The summed E-state index contributed by atoms with van der Waals surface area (Å²) in [5.41, 5.74) is 2.96. The van der Waals surface area contributed by atoms with Crippen LogP contribution in [0.4, 0.5) is 0 Å². The highest BCUT2D eigenvalue weighted by Crippen LogP contribution is 2.15. The predicted octanol–water partition coefficient (Wildman–Crippen LogP) is 4.70. The molecule has 1 heteroatoms. The second-order valence-electron chi connectivity index (χ2n) is 3.71. The minimum absolute atomic E-state index is 0.983. The summed E-state index contributed by atoms with van der Waals surface area (Å²) in [7, 11) is 0. The SMILES string of the molecule is CCCCCCc1ccccc1CBr. The first kappa shape index (κ1) is 11.8. The van der Waals surface area contributed by atoms with Gasteiger partial charge in [-0.25, -0.2) is 0 Å². The molecule has 0 amide bonds. The Morgan fingerprint density at radius 3 is 2.36 bits per heavy atom. The van der Waals surface area contributed by atoms with E-state index >= 15 is 0 Å². The van der Waals surface area contributed by atoms with E-state index in [0.717, 1.165) is 5.33 Å². The third kappa shape index (κ3) is 3.83. The number of hydrogen-bond donors (Lipinski definition) is 0. The van der Waals surface area contributed by atoms with Gasteiger partial charge in [0.1, 0.15) is 0 Å². The minimum atomic E-state index is 0.983. The van der Waals surface area contributed by atoms with Gasteiger partial charge in [0, 0.05) is 5.33 Å². The number of aryl methyl sites for hydroxylation is 1. The van der Waals surface area contributed by atoms with Crippen molar-refractivity contribution in [2.45, 2.75) is 44.4 Å². The second-order valence-corrected chi connectivity index (χ2v) is 4.27. The molecule has 0 unspecified atom stereocenters. The molecule has 1 rings (SSSR count). The molecule has 0 nitrogen and oxygen atoms in total. The third-order valence-corrected chi connectivity index (χ3v) is 3.17. The quantitative estimate of drug-likeness (QED) is 0.510. The highest BCUT2D eigenvalue weighted by molar-refractivity contribution is 9.08. The van der Waals surface area contributed by atoms with Gasteiger partial charge in [-0.15, -0.1) is 0 Å². The van der Waals surface area contributed by atoms with Gasteiger partial charge in [-0.05, 0) is 24.0 Å². The van der Waals surface area contributed by atoms with Gasteiger partial charge < -0.3 is 0 Å². The van der Waals surface area contributed by atoms with Gasteiger partial charge in [-0.1, -0.05) is 66.4 Å². The molecule has 0 saturated carbocycles. The van der Waals surface area contributed by atoms with E-state index in [9.17, 15) is 0 Å². The van der Waals surface area contributed by atoms with Crippen molar-refractivity contribution < 1.29 is 0 Å². The molecule has 0 N–H and O–H groups in total. The fourth-order valence-corrected chi connectivity index (χ4v) is 2.22. The van der Waals surface area contributed by atoms with Gasteiger partial charge in [0.2, 0.25) is 0 Å². The van der Waals surface area contributed by atoms with Crippen molar-refractivity contribution in [2.24, 2.45) is 0 Å². The van der Waals surface area contributed by atoms with Crippen molar-refractivity contribution in [3.05, 3.63) is 35.4 Å². The van der Waals surface area contributed by atoms with Crippen LogP contribution in [-0.4, -0.2) is 0 Å². The Morgan fingerprint density at radius 2 is 1.71 bits per heavy atom. The van der Waals surface area contributed by atoms with E-state index in [2.05, 4.69) is 47.1 Å². The summed E-state index contributed by atoms with van der Waals surface area (Å²) in [6, 6.07) is 8.72. The lowest BCUT2D eigenvalue weighted by atomic mass is 10.0. The van der Waals surface area contributed by atoms with Crippen LogP contribution in [0, 0.1) is 0 Å². The maximum absolute atomic E-state index is 3.53. The Morgan fingerprint density at radius 1 is 1.00 bits per heavy atom. The van der Waals surface area contributed by atoms with Crippen LogP contribution in [0.1, 0.15) is 43.7 Å². The fourth-order valence-electron chi connectivity index (χ4n) is 1.67. The molecule has 0 radical (unpaired) electrons. The molecule has 0 bridgehead atoms. The van der Waals surface area contributed by atoms with Crippen LogP contribution in [0.3, 0.4) is 0 Å². The van der Waals surface area contributed by atoms with E-state index in [-0.39, 0.29) is 0 Å². The van der Waals surface area contributed by atoms with Gasteiger partial charge in [0.25, 0.3) is 0 Å². The van der Waals surface area contributed by atoms with E-state index in [0.29, 0.717) is 0 Å². The summed E-state index contributed by atoms with van der Waals surface area (Å²) in [4.78, 5) is 0. The first-order chi connectivity index (χ1) is 6.88. The zero-order chi connectivity index (χ0) is 10.2. The molecule has 1 aromatic rings. The van der Waals surface area contributed by atoms with Crippen LogP contribution in [0.5, 0.6) is 0 Å². The van der Waals surface area contributed by atoms with Crippen molar-refractivity contribution in [1.82, 2.24) is 0 Å². The zero-order valence-corrected chi connectivity index (χ0v) is 10.5. The average Bonchev–Trinajstić information content (AvgIpc) is 2.25. The van der Waals surface area contributed by atoms with Crippen LogP contribution in [0.2, 0.25) is 0 Å². The Labute approximate surface area is 95.9 Å². The summed E-state index contributed by atoms with van der Waals surface area (Å²) in [6.45, 7) is 2.26. The summed E-state index contributed by atoms with van der Waals surface area (Å²) in [5.74, 6) is 0. The Hall–Kier alpha value is -0.300. The van der Waals surface area contributed by atoms with Gasteiger partial charge in [-0.2, -0.15) is 0 Å². The molecular formula is C13H19Br. The molecule has 0 aromatic heterocycles. The predicted molar refractivity (Wildman–Crippen MR) is 66.9 cm³/mol. The molecule has 0 heterocycles. The fraction of sp³-hybridized carbons (Fsp3) is 0.538. The Balaban J connectivity index is 2.41. The van der Waals surface area contributed by atoms with E-state index in [4.69, 9.17) is 0 Å². The summed E-state index contributed by atoms with van der Waals surface area (Å²) in [5, 5.41) is 0.983. The minimum Gasteiger partial charge on any atom is -0.0876 e. The van der Waals surface area contributed by atoms with Gasteiger partial charge >= 0.3 is 0 Å². The van der Waals surface area contributed by atoms with Crippen molar-refractivity contribution in [3.8, 4) is 0 Å². The summed E-state index contributed by atoms with van der Waals surface area (Å²) in [6.07, 6.45) is 6.63. The normalized spacial score (nSPS) is 10.4. The topological polar surface area (TPSA) is 0 Å². The lowest BCUT2D eigenvalue weighted by Gasteiger charge is -2.06. The first-order valence-electron chi connectivity index (χ1n) is 5.51. The molecule has 0 aliphatic rings. The number of halogens is 1. The molecule has 0 atom stereocenters. The number of hydrogen-bond acceptors (Lipinski definition) is 0. The number of rotatable bonds is 6. The standard InChI is InChI=1S/C13H19Br/c1-2-3-4-5-8-12-9-6-7-10-13(12)11-14/h6-7,9-10H,2-5,8,11H2,1H3. The van der Waals surface area contributed by atoms with Gasteiger partial charge in [0.05, 0.1) is 0 Å². The smallest absolute Gasteiger partial charge is 0.0285 e. The van der Waals surface area contributed by atoms with Crippen molar-refractivity contribution in [1.29, 1.82) is 0 Å². The highest BCUT2D eigenvalue weighted by Gasteiger charge is 1.99. The lowest BCUT2D eigenvalue weighted by molar-refractivity contribution is 0.665. The van der Waals surface area contributed by atoms with Gasteiger partial charge in [0.15, 0.2) is 0 Å². The molecule has 0 spiro atoms. The molecule has 0 fully saturated rings. The van der Waals surface area contributed by atoms with E-state index < -0.39 is 0 Å². The molecule has 0 aliphatic heterocycles. The van der Waals surface area contributed by atoms with E-state index in [1.807, 2.05) is 0 Å².